The second-order valence-corrected chi connectivity index (χ2v) is 7.40. The SMILES string of the molecule is CCOC(=O)CNC(=O)c1cnc(N2CCc3ccccc32)nc1OCc1c(F)cccc1F. The Morgan fingerprint density at radius 2 is 1.88 bits per heavy atom. The Morgan fingerprint density at radius 3 is 2.65 bits per heavy atom. The van der Waals surface area contributed by atoms with Crippen molar-refractivity contribution in [2.24, 2.45) is 0 Å². The fourth-order valence-corrected chi connectivity index (χ4v) is 3.57. The number of aromatic nitrogens is 2. The number of benzene rings is 2. The van der Waals surface area contributed by atoms with Crippen LogP contribution >= 0.6 is 0 Å². The highest BCUT2D eigenvalue weighted by Gasteiger charge is 2.25. The molecule has 4 rings (SSSR count). The second kappa shape index (κ2) is 10.2. The van der Waals surface area contributed by atoms with Gasteiger partial charge in [0, 0.05) is 18.4 Å². The third kappa shape index (κ3) is 4.95. The molecule has 3 aromatic rings. The molecule has 0 spiro atoms. The minimum Gasteiger partial charge on any atom is -0.472 e. The summed E-state index contributed by atoms with van der Waals surface area (Å²) in [5.74, 6) is -2.76. The van der Waals surface area contributed by atoms with Crippen LogP contribution in [0.25, 0.3) is 0 Å². The van der Waals surface area contributed by atoms with Gasteiger partial charge in [-0.3, -0.25) is 9.59 Å². The molecule has 0 bridgehead atoms. The lowest BCUT2D eigenvalue weighted by Crippen LogP contribution is -2.31. The number of amides is 1. The largest absolute Gasteiger partial charge is 0.472 e. The molecule has 0 saturated carbocycles. The van der Waals surface area contributed by atoms with Crippen molar-refractivity contribution in [3.05, 3.63) is 77.0 Å². The third-order valence-corrected chi connectivity index (χ3v) is 5.23. The van der Waals surface area contributed by atoms with Crippen LogP contribution in [0.4, 0.5) is 20.4 Å². The van der Waals surface area contributed by atoms with E-state index in [0.29, 0.717) is 6.54 Å². The summed E-state index contributed by atoms with van der Waals surface area (Å²) in [5.41, 5.74) is 1.66. The van der Waals surface area contributed by atoms with Crippen LogP contribution in [0.1, 0.15) is 28.4 Å². The zero-order chi connectivity index (χ0) is 24.1. The first-order valence-corrected chi connectivity index (χ1v) is 10.7. The van der Waals surface area contributed by atoms with Crippen molar-refractivity contribution in [3.8, 4) is 5.88 Å². The van der Waals surface area contributed by atoms with Crippen molar-refractivity contribution < 1.29 is 27.8 Å². The van der Waals surface area contributed by atoms with E-state index >= 15 is 0 Å². The number of hydrogen-bond donors (Lipinski definition) is 1. The van der Waals surface area contributed by atoms with E-state index in [-0.39, 0.29) is 36.1 Å². The molecule has 1 N–H and O–H groups in total. The zero-order valence-electron chi connectivity index (χ0n) is 18.4. The van der Waals surface area contributed by atoms with Gasteiger partial charge >= 0.3 is 5.97 Å². The highest BCUT2D eigenvalue weighted by molar-refractivity contribution is 5.97. The van der Waals surface area contributed by atoms with Gasteiger partial charge in [-0.15, -0.1) is 0 Å². The number of hydrogen-bond acceptors (Lipinski definition) is 7. The monoisotopic (exact) mass is 468 g/mol. The topological polar surface area (TPSA) is 93.6 Å². The number of fused-ring (bicyclic) bond motifs is 1. The molecule has 34 heavy (non-hydrogen) atoms. The summed E-state index contributed by atoms with van der Waals surface area (Å²) < 4.78 is 38.6. The first-order chi connectivity index (χ1) is 16.5. The summed E-state index contributed by atoms with van der Waals surface area (Å²) in [6, 6.07) is 11.2. The number of nitrogens with zero attached hydrogens (tertiary/aromatic N) is 3. The van der Waals surface area contributed by atoms with Crippen LogP contribution in [0.3, 0.4) is 0 Å². The summed E-state index contributed by atoms with van der Waals surface area (Å²) in [6.45, 7) is 1.58. The Morgan fingerprint density at radius 1 is 1.12 bits per heavy atom. The van der Waals surface area contributed by atoms with Gasteiger partial charge in [0.2, 0.25) is 11.8 Å². The molecular formula is C24H22F2N4O4. The van der Waals surface area contributed by atoms with E-state index in [4.69, 9.17) is 9.47 Å². The molecule has 0 radical (unpaired) electrons. The van der Waals surface area contributed by atoms with E-state index in [1.54, 1.807) is 6.92 Å². The number of rotatable bonds is 8. The Balaban J connectivity index is 1.62. The van der Waals surface area contributed by atoms with Gasteiger partial charge in [0.1, 0.15) is 30.3 Å². The van der Waals surface area contributed by atoms with Crippen molar-refractivity contribution in [1.29, 1.82) is 0 Å². The maximum absolute atomic E-state index is 14.1. The molecule has 8 nitrogen and oxygen atoms in total. The first kappa shape index (κ1) is 23.1. The van der Waals surface area contributed by atoms with Crippen LogP contribution < -0.4 is 15.0 Å². The maximum atomic E-state index is 14.1. The highest BCUT2D eigenvalue weighted by atomic mass is 19.1. The molecule has 0 saturated heterocycles. The molecule has 1 aliphatic rings. The number of carbonyl (C=O) groups excluding carboxylic acids is 2. The minimum atomic E-state index is -0.781. The van der Waals surface area contributed by atoms with Crippen molar-refractivity contribution in [3.63, 3.8) is 0 Å². The lowest BCUT2D eigenvalue weighted by Gasteiger charge is -2.19. The van der Waals surface area contributed by atoms with Crippen molar-refractivity contribution in [2.75, 3.05) is 24.6 Å². The smallest absolute Gasteiger partial charge is 0.325 e. The number of ether oxygens (including phenoxy) is 2. The van der Waals surface area contributed by atoms with Crippen molar-refractivity contribution >= 4 is 23.5 Å². The Labute approximate surface area is 194 Å². The van der Waals surface area contributed by atoms with Gasteiger partial charge in [-0.05, 0) is 37.1 Å². The third-order valence-electron chi connectivity index (χ3n) is 5.23. The average Bonchev–Trinajstić information content (AvgIpc) is 3.26. The van der Waals surface area contributed by atoms with Crippen LogP contribution in [0.2, 0.25) is 0 Å². The number of nitrogens with one attached hydrogen (secondary N) is 1. The van der Waals surface area contributed by atoms with E-state index < -0.39 is 30.1 Å². The standard InChI is InChI=1S/C24H22F2N4O4/c1-2-33-21(31)13-27-22(32)16-12-28-24(30-11-10-15-6-3-4-9-20(15)30)29-23(16)34-14-17-18(25)7-5-8-19(17)26/h3-9,12H,2,10-11,13-14H2,1H3,(H,27,32). The van der Waals surface area contributed by atoms with E-state index in [0.717, 1.165) is 29.8 Å². The summed E-state index contributed by atoms with van der Waals surface area (Å²) in [4.78, 5) is 34.9. The molecule has 0 atom stereocenters. The lowest BCUT2D eigenvalue weighted by atomic mass is 10.2. The predicted octanol–water partition coefficient (Wildman–Crippen LogP) is 3.32. The molecule has 1 amide bonds. The zero-order valence-corrected chi connectivity index (χ0v) is 18.4. The molecule has 1 aliphatic heterocycles. The average molecular weight is 468 g/mol. The molecule has 10 heteroatoms. The van der Waals surface area contributed by atoms with Crippen LogP contribution in [-0.2, 0) is 22.6 Å². The molecule has 0 fully saturated rings. The molecule has 1 aromatic heterocycles. The Kier molecular flexibility index (Phi) is 6.95. The molecule has 0 unspecified atom stereocenters. The van der Waals surface area contributed by atoms with Gasteiger partial charge < -0.3 is 19.7 Å². The molecule has 176 valence electrons. The Hall–Kier alpha value is -4.08. The number of carbonyl (C=O) groups is 2. The number of esters is 1. The van der Waals surface area contributed by atoms with E-state index in [9.17, 15) is 18.4 Å². The summed E-state index contributed by atoms with van der Waals surface area (Å²) in [7, 11) is 0. The van der Waals surface area contributed by atoms with E-state index in [1.165, 1.54) is 12.3 Å². The van der Waals surface area contributed by atoms with Gasteiger partial charge in [0.25, 0.3) is 5.91 Å². The van der Waals surface area contributed by atoms with Gasteiger partial charge in [0.15, 0.2) is 0 Å². The number of para-hydroxylation sites is 1. The Bertz CT molecular complexity index is 1200. The van der Waals surface area contributed by atoms with Crippen LogP contribution in [0.15, 0.2) is 48.7 Å². The second-order valence-electron chi connectivity index (χ2n) is 7.40. The fourth-order valence-electron chi connectivity index (χ4n) is 3.57. The first-order valence-electron chi connectivity index (χ1n) is 10.7. The fraction of sp³-hybridized carbons (Fsp3) is 0.250. The van der Waals surface area contributed by atoms with Crippen molar-refractivity contribution in [1.82, 2.24) is 15.3 Å². The summed E-state index contributed by atoms with van der Waals surface area (Å²) >= 11 is 0. The van der Waals surface area contributed by atoms with Crippen LogP contribution in [0.5, 0.6) is 5.88 Å². The van der Waals surface area contributed by atoms with Crippen LogP contribution in [-0.4, -0.2) is 41.5 Å². The predicted molar refractivity (Wildman–Crippen MR) is 119 cm³/mol. The van der Waals surface area contributed by atoms with Crippen molar-refractivity contribution in [2.45, 2.75) is 20.0 Å². The molecule has 2 aromatic carbocycles. The summed E-state index contributed by atoms with van der Waals surface area (Å²) in [6.07, 6.45) is 2.05. The number of halogens is 2. The lowest BCUT2D eigenvalue weighted by molar-refractivity contribution is -0.141. The van der Waals surface area contributed by atoms with Crippen LogP contribution in [0, 0.1) is 11.6 Å². The van der Waals surface area contributed by atoms with Gasteiger partial charge in [0.05, 0.1) is 12.2 Å². The molecular weight excluding hydrogens is 446 g/mol. The quantitative estimate of drug-likeness (QED) is 0.507. The molecule has 0 aliphatic carbocycles. The van der Waals surface area contributed by atoms with Gasteiger partial charge in [-0.2, -0.15) is 4.98 Å². The normalized spacial score (nSPS) is 12.3. The van der Waals surface area contributed by atoms with Gasteiger partial charge in [-0.1, -0.05) is 24.3 Å². The minimum absolute atomic E-state index is 0.0859. The maximum Gasteiger partial charge on any atom is 0.325 e. The highest BCUT2D eigenvalue weighted by Crippen LogP contribution is 2.33. The molecule has 2 heterocycles. The summed E-state index contributed by atoms with van der Waals surface area (Å²) in [5, 5.41) is 2.41. The van der Waals surface area contributed by atoms with E-state index in [1.807, 2.05) is 29.2 Å². The van der Waals surface area contributed by atoms with E-state index in [2.05, 4.69) is 15.3 Å². The number of anilines is 2. The van der Waals surface area contributed by atoms with Gasteiger partial charge in [-0.25, -0.2) is 13.8 Å².